The number of ether oxygens (including phenoxy) is 1. The molecule has 1 aromatic rings. The Bertz CT molecular complexity index is 374. The normalized spacial score (nSPS) is 19.1. The van der Waals surface area contributed by atoms with Crippen molar-refractivity contribution in [2.45, 2.75) is 12.3 Å². The number of amides is 1. The lowest BCUT2D eigenvalue weighted by atomic mass is 10.0. The lowest BCUT2D eigenvalue weighted by Gasteiger charge is -2.07. The predicted molar refractivity (Wildman–Crippen MR) is 52.9 cm³/mol. The highest BCUT2D eigenvalue weighted by molar-refractivity contribution is 5.85. The highest BCUT2D eigenvalue weighted by atomic mass is 16.5. The monoisotopic (exact) mass is 190 g/mol. The van der Waals surface area contributed by atoms with Gasteiger partial charge in [-0.05, 0) is 36.1 Å². The largest absolute Gasteiger partial charge is 0.497 e. The van der Waals surface area contributed by atoms with Crippen molar-refractivity contribution in [2.24, 2.45) is 5.73 Å². The van der Waals surface area contributed by atoms with Gasteiger partial charge < -0.3 is 10.5 Å². The van der Waals surface area contributed by atoms with Gasteiger partial charge in [-0.3, -0.25) is 4.79 Å². The Hall–Kier alpha value is -1.51. The first-order valence-corrected chi connectivity index (χ1v) is 4.52. The lowest BCUT2D eigenvalue weighted by molar-refractivity contribution is -0.118. The zero-order valence-electron chi connectivity index (χ0n) is 7.99. The van der Waals surface area contributed by atoms with E-state index >= 15 is 0 Å². The van der Waals surface area contributed by atoms with E-state index < -0.39 is 0 Å². The van der Waals surface area contributed by atoms with Crippen LogP contribution in [0.1, 0.15) is 17.0 Å². The van der Waals surface area contributed by atoms with E-state index in [1.54, 1.807) is 7.11 Å². The Labute approximate surface area is 82.9 Å². The molecule has 1 aliphatic rings. The fourth-order valence-electron chi connectivity index (χ4n) is 1.83. The molecule has 0 saturated heterocycles. The molecule has 1 radical (unpaired) electrons. The molecule has 1 atom stereocenters. The number of benzene rings is 1. The summed E-state index contributed by atoms with van der Waals surface area (Å²) >= 11 is 0. The lowest BCUT2D eigenvalue weighted by Crippen LogP contribution is -2.19. The van der Waals surface area contributed by atoms with Gasteiger partial charge in [0, 0.05) is 0 Å². The van der Waals surface area contributed by atoms with Crippen molar-refractivity contribution >= 4 is 5.91 Å². The third-order valence-corrected chi connectivity index (χ3v) is 2.57. The maximum atomic E-state index is 11.1. The zero-order chi connectivity index (χ0) is 10.1. The van der Waals surface area contributed by atoms with Crippen LogP contribution in [0.15, 0.2) is 18.2 Å². The minimum Gasteiger partial charge on any atom is -0.497 e. The standard InChI is InChI=1S/C11H12NO2/c1-14-8-3-5-9-7(6-8)2-4-10(9)11(12)13/h3-6,10H,2H2,1H3,(H2,12,13). The van der Waals surface area contributed by atoms with Gasteiger partial charge in [-0.15, -0.1) is 0 Å². The second kappa shape index (κ2) is 3.33. The first kappa shape index (κ1) is 9.06. The Morgan fingerprint density at radius 1 is 1.57 bits per heavy atom. The molecule has 2 rings (SSSR count). The molecule has 0 aromatic heterocycles. The number of methoxy groups -OCH3 is 1. The van der Waals surface area contributed by atoms with Gasteiger partial charge in [-0.2, -0.15) is 0 Å². The van der Waals surface area contributed by atoms with Crippen molar-refractivity contribution in [3.63, 3.8) is 0 Å². The van der Waals surface area contributed by atoms with Gasteiger partial charge in [0.15, 0.2) is 0 Å². The molecule has 0 bridgehead atoms. The van der Waals surface area contributed by atoms with E-state index in [1.165, 1.54) is 0 Å². The molecule has 0 heterocycles. The van der Waals surface area contributed by atoms with E-state index in [0.717, 1.165) is 23.3 Å². The molecule has 1 aliphatic carbocycles. The molecule has 73 valence electrons. The third-order valence-electron chi connectivity index (χ3n) is 2.57. The Morgan fingerprint density at radius 3 is 3.00 bits per heavy atom. The fraction of sp³-hybridized carbons (Fsp3) is 0.273. The molecule has 1 aromatic carbocycles. The van der Waals surface area contributed by atoms with Gasteiger partial charge in [-0.1, -0.05) is 6.07 Å². The minimum atomic E-state index is -0.283. The second-order valence-electron chi connectivity index (χ2n) is 3.38. The van der Waals surface area contributed by atoms with Crippen molar-refractivity contribution in [3.8, 4) is 5.75 Å². The minimum absolute atomic E-state index is 0.226. The van der Waals surface area contributed by atoms with Crippen LogP contribution in [0.3, 0.4) is 0 Å². The van der Waals surface area contributed by atoms with Crippen molar-refractivity contribution in [1.82, 2.24) is 0 Å². The fourth-order valence-corrected chi connectivity index (χ4v) is 1.83. The third kappa shape index (κ3) is 1.35. The van der Waals surface area contributed by atoms with Crippen LogP contribution >= 0.6 is 0 Å². The first-order chi connectivity index (χ1) is 6.72. The van der Waals surface area contributed by atoms with Gasteiger partial charge in [0.25, 0.3) is 0 Å². The molecule has 14 heavy (non-hydrogen) atoms. The average molecular weight is 190 g/mol. The molecule has 0 fully saturated rings. The van der Waals surface area contributed by atoms with Crippen molar-refractivity contribution in [2.75, 3.05) is 7.11 Å². The SMILES string of the molecule is COc1ccc2c(c1)C[CH]C2C(N)=O. The number of hydrogen-bond donors (Lipinski definition) is 1. The van der Waals surface area contributed by atoms with Gasteiger partial charge in [0.05, 0.1) is 13.0 Å². The molecular weight excluding hydrogens is 178 g/mol. The van der Waals surface area contributed by atoms with E-state index in [2.05, 4.69) is 0 Å². The zero-order valence-corrected chi connectivity index (χ0v) is 7.99. The summed E-state index contributed by atoms with van der Waals surface area (Å²) in [6.45, 7) is 0. The first-order valence-electron chi connectivity index (χ1n) is 4.52. The van der Waals surface area contributed by atoms with Gasteiger partial charge in [0.1, 0.15) is 5.75 Å². The maximum absolute atomic E-state index is 11.1. The molecule has 0 spiro atoms. The van der Waals surface area contributed by atoms with Crippen LogP contribution in [0.5, 0.6) is 5.75 Å². The molecule has 1 amide bonds. The summed E-state index contributed by atoms with van der Waals surface area (Å²) in [5, 5.41) is 0. The summed E-state index contributed by atoms with van der Waals surface area (Å²) in [4.78, 5) is 11.1. The van der Waals surface area contributed by atoms with E-state index in [1.807, 2.05) is 24.6 Å². The second-order valence-corrected chi connectivity index (χ2v) is 3.38. The van der Waals surface area contributed by atoms with Crippen LogP contribution < -0.4 is 10.5 Å². The number of rotatable bonds is 2. The number of nitrogens with two attached hydrogens (primary N) is 1. The summed E-state index contributed by atoms with van der Waals surface area (Å²) in [5.74, 6) is 0.312. The smallest absolute Gasteiger partial charge is 0.225 e. The molecule has 0 saturated carbocycles. The summed E-state index contributed by atoms with van der Waals surface area (Å²) in [6.07, 6.45) is 2.73. The molecule has 2 N–H and O–H groups in total. The van der Waals surface area contributed by atoms with Crippen molar-refractivity contribution in [1.29, 1.82) is 0 Å². The predicted octanol–water partition coefficient (Wildman–Crippen LogP) is 1.02. The van der Waals surface area contributed by atoms with Crippen LogP contribution in [0.25, 0.3) is 0 Å². The summed E-state index contributed by atoms with van der Waals surface area (Å²) in [7, 11) is 1.63. The summed E-state index contributed by atoms with van der Waals surface area (Å²) < 4.78 is 5.11. The van der Waals surface area contributed by atoms with E-state index in [9.17, 15) is 4.79 Å². The van der Waals surface area contributed by atoms with E-state index in [-0.39, 0.29) is 11.8 Å². The van der Waals surface area contributed by atoms with Gasteiger partial charge in [0.2, 0.25) is 5.91 Å². The maximum Gasteiger partial charge on any atom is 0.225 e. The molecular formula is C11H12NO2. The molecule has 3 nitrogen and oxygen atoms in total. The van der Waals surface area contributed by atoms with Gasteiger partial charge >= 0.3 is 0 Å². The Balaban J connectivity index is 2.38. The van der Waals surface area contributed by atoms with Crippen LogP contribution in [-0.4, -0.2) is 13.0 Å². The summed E-state index contributed by atoms with van der Waals surface area (Å²) in [6, 6.07) is 5.72. The highest BCUT2D eigenvalue weighted by Crippen LogP contribution is 2.34. The van der Waals surface area contributed by atoms with Gasteiger partial charge in [-0.25, -0.2) is 0 Å². The van der Waals surface area contributed by atoms with Crippen LogP contribution in [-0.2, 0) is 11.2 Å². The number of fused-ring (bicyclic) bond motifs is 1. The average Bonchev–Trinajstić information content (AvgIpc) is 2.59. The van der Waals surface area contributed by atoms with Crippen LogP contribution in [0.4, 0.5) is 0 Å². The Morgan fingerprint density at radius 2 is 2.36 bits per heavy atom. The van der Waals surface area contributed by atoms with Crippen LogP contribution in [0.2, 0.25) is 0 Å². The van der Waals surface area contributed by atoms with Crippen molar-refractivity contribution in [3.05, 3.63) is 35.7 Å². The number of carbonyl (C=O) groups is 1. The number of carbonyl (C=O) groups excluding carboxylic acids is 1. The molecule has 3 heteroatoms. The highest BCUT2D eigenvalue weighted by Gasteiger charge is 2.27. The number of primary amides is 1. The van der Waals surface area contributed by atoms with Crippen LogP contribution in [0, 0.1) is 6.42 Å². The number of hydrogen-bond acceptors (Lipinski definition) is 2. The van der Waals surface area contributed by atoms with E-state index in [0.29, 0.717) is 0 Å². The Kier molecular flexibility index (Phi) is 2.15. The molecule has 0 aliphatic heterocycles. The molecule has 1 unspecified atom stereocenters. The van der Waals surface area contributed by atoms with E-state index in [4.69, 9.17) is 10.5 Å². The topological polar surface area (TPSA) is 52.3 Å². The summed E-state index contributed by atoms with van der Waals surface area (Å²) in [5.41, 5.74) is 7.43. The quantitative estimate of drug-likeness (QED) is 0.757. The van der Waals surface area contributed by atoms with Crippen molar-refractivity contribution < 1.29 is 9.53 Å².